The molecule has 0 aromatic rings. The molecule has 0 radical (unpaired) electrons. The van der Waals surface area contributed by atoms with Crippen LogP contribution in [0.5, 0.6) is 0 Å². The maximum Gasteiger partial charge on any atom is 0.236 e. The van der Waals surface area contributed by atoms with Crippen molar-refractivity contribution in [3.05, 3.63) is 0 Å². The average Bonchev–Trinajstić information content (AvgIpc) is 2.54. The number of amides is 1. The molecule has 5 nitrogen and oxygen atoms in total. The number of likely N-dealkylation sites (tertiary alicyclic amines) is 1. The number of carbonyl (C=O) groups is 1. The lowest BCUT2D eigenvalue weighted by Crippen LogP contribution is -2.55. The molecule has 2 aliphatic rings. The predicted octanol–water partition coefficient (Wildman–Crippen LogP) is 1.09. The van der Waals surface area contributed by atoms with E-state index in [0.717, 1.165) is 32.6 Å². The summed E-state index contributed by atoms with van der Waals surface area (Å²) >= 11 is 0. The van der Waals surface area contributed by atoms with Crippen LogP contribution in [-0.2, 0) is 9.53 Å². The second kappa shape index (κ2) is 8.71. The highest BCUT2D eigenvalue weighted by atomic mass is 16.5. The first-order valence-electron chi connectivity index (χ1n) is 8.55. The average molecular weight is 297 g/mol. The Bertz CT molecular complexity index is 319. The number of hydrogen-bond donors (Lipinski definition) is 1. The topological polar surface area (TPSA) is 44.8 Å². The largest absolute Gasteiger partial charge is 0.378 e. The number of ether oxygens (including phenoxy) is 1. The van der Waals surface area contributed by atoms with Gasteiger partial charge in [0, 0.05) is 25.2 Å². The Kier molecular flexibility index (Phi) is 6.93. The fourth-order valence-electron chi connectivity index (χ4n) is 3.37. The minimum atomic E-state index is 0.271. The molecule has 2 rings (SSSR count). The van der Waals surface area contributed by atoms with E-state index in [0.29, 0.717) is 31.8 Å². The van der Waals surface area contributed by atoms with Crippen LogP contribution in [0, 0.1) is 0 Å². The molecule has 2 aliphatic heterocycles. The lowest BCUT2D eigenvalue weighted by Gasteiger charge is -2.40. The van der Waals surface area contributed by atoms with Crippen molar-refractivity contribution in [2.24, 2.45) is 0 Å². The van der Waals surface area contributed by atoms with Gasteiger partial charge in [-0.1, -0.05) is 13.3 Å². The van der Waals surface area contributed by atoms with Gasteiger partial charge in [-0.15, -0.1) is 0 Å². The number of nitrogens with one attached hydrogen (secondary N) is 1. The Hall–Kier alpha value is -0.650. The molecular weight excluding hydrogens is 266 g/mol. The van der Waals surface area contributed by atoms with Gasteiger partial charge in [-0.05, 0) is 39.3 Å². The first-order valence-corrected chi connectivity index (χ1v) is 8.55. The van der Waals surface area contributed by atoms with Gasteiger partial charge in [-0.3, -0.25) is 9.69 Å². The molecule has 2 fully saturated rings. The van der Waals surface area contributed by atoms with Gasteiger partial charge in [-0.2, -0.15) is 0 Å². The van der Waals surface area contributed by atoms with E-state index in [2.05, 4.69) is 24.1 Å². The number of rotatable bonds is 6. The van der Waals surface area contributed by atoms with Crippen LogP contribution in [0.3, 0.4) is 0 Å². The summed E-state index contributed by atoms with van der Waals surface area (Å²) in [6.45, 7) is 10.0. The van der Waals surface area contributed by atoms with Gasteiger partial charge in [0.1, 0.15) is 0 Å². The monoisotopic (exact) mass is 297 g/mol. The van der Waals surface area contributed by atoms with Gasteiger partial charge in [0.05, 0.1) is 19.8 Å². The van der Waals surface area contributed by atoms with E-state index in [9.17, 15) is 4.79 Å². The summed E-state index contributed by atoms with van der Waals surface area (Å²) in [4.78, 5) is 16.8. The number of hydrogen-bond acceptors (Lipinski definition) is 4. The second-order valence-electron chi connectivity index (χ2n) is 6.27. The Morgan fingerprint density at radius 2 is 2.05 bits per heavy atom. The van der Waals surface area contributed by atoms with E-state index >= 15 is 0 Å². The number of carbonyl (C=O) groups excluding carboxylic acids is 1. The summed E-state index contributed by atoms with van der Waals surface area (Å²) in [5.41, 5.74) is 0. The molecule has 5 heteroatoms. The predicted molar refractivity (Wildman–Crippen MR) is 84.4 cm³/mol. The van der Waals surface area contributed by atoms with Crippen molar-refractivity contribution in [2.45, 2.75) is 51.6 Å². The van der Waals surface area contributed by atoms with Crippen LogP contribution >= 0.6 is 0 Å². The molecular formula is C16H31N3O2. The minimum absolute atomic E-state index is 0.271. The molecule has 0 aromatic carbocycles. The summed E-state index contributed by atoms with van der Waals surface area (Å²) in [5.74, 6) is 0.271. The van der Waals surface area contributed by atoms with E-state index < -0.39 is 0 Å². The van der Waals surface area contributed by atoms with E-state index in [1.807, 2.05) is 4.90 Å². The zero-order chi connectivity index (χ0) is 15.1. The third-order valence-corrected chi connectivity index (χ3v) is 4.66. The SMILES string of the molecule is CCCNC(C)C1CCCCN1CC(=O)N1CCOCC1. The van der Waals surface area contributed by atoms with Crippen molar-refractivity contribution in [1.29, 1.82) is 0 Å². The molecule has 0 aromatic heterocycles. The van der Waals surface area contributed by atoms with Crippen LogP contribution in [0.2, 0.25) is 0 Å². The van der Waals surface area contributed by atoms with Gasteiger partial charge >= 0.3 is 0 Å². The number of nitrogens with zero attached hydrogens (tertiary/aromatic N) is 2. The van der Waals surface area contributed by atoms with Crippen LogP contribution in [0.15, 0.2) is 0 Å². The van der Waals surface area contributed by atoms with Gasteiger partial charge in [0.25, 0.3) is 0 Å². The summed E-state index contributed by atoms with van der Waals surface area (Å²) < 4.78 is 5.33. The lowest BCUT2D eigenvalue weighted by molar-refractivity contribution is -0.137. The quantitative estimate of drug-likeness (QED) is 0.797. The van der Waals surface area contributed by atoms with Crippen LogP contribution in [-0.4, -0.2) is 73.7 Å². The normalized spacial score (nSPS) is 25.8. The van der Waals surface area contributed by atoms with E-state index in [1.54, 1.807) is 0 Å². The van der Waals surface area contributed by atoms with Gasteiger partial charge in [0.15, 0.2) is 0 Å². The Morgan fingerprint density at radius 3 is 2.76 bits per heavy atom. The Labute approximate surface area is 129 Å². The standard InChI is InChI=1S/C16H31N3O2/c1-3-7-17-14(2)15-6-4-5-8-19(15)13-16(20)18-9-11-21-12-10-18/h14-15,17H,3-13H2,1-2H3. The molecule has 1 amide bonds. The van der Waals surface area contributed by atoms with E-state index in [1.165, 1.54) is 19.3 Å². The molecule has 0 spiro atoms. The minimum Gasteiger partial charge on any atom is -0.378 e. The number of morpholine rings is 1. The Balaban J connectivity index is 1.86. The first kappa shape index (κ1) is 16.7. The van der Waals surface area contributed by atoms with Crippen LogP contribution < -0.4 is 5.32 Å². The highest BCUT2D eigenvalue weighted by molar-refractivity contribution is 5.78. The lowest BCUT2D eigenvalue weighted by atomic mass is 9.96. The molecule has 0 aliphatic carbocycles. The highest BCUT2D eigenvalue weighted by Crippen LogP contribution is 2.20. The molecule has 2 atom stereocenters. The summed E-state index contributed by atoms with van der Waals surface area (Å²) in [6.07, 6.45) is 4.86. The summed E-state index contributed by atoms with van der Waals surface area (Å²) in [5, 5.41) is 3.60. The third kappa shape index (κ3) is 4.94. The molecule has 0 saturated carbocycles. The molecule has 21 heavy (non-hydrogen) atoms. The molecule has 2 heterocycles. The van der Waals surface area contributed by atoms with Crippen molar-refractivity contribution in [1.82, 2.24) is 15.1 Å². The van der Waals surface area contributed by atoms with Crippen molar-refractivity contribution in [3.63, 3.8) is 0 Å². The molecule has 0 bridgehead atoms. The summed E-state index contributed by atoms with van der Waals surface area (Å²) in [6, 6.07) is 0.957. The smallest absolute Gasteiger partial charge is 0.236 e. The fourth-order valence-corrected chi connectivity index (χ4v) is 3.37. The molecule has 1 N–H and O–H groups in total. The van der Waals surface area contributed by atoms with Crippen molar-refractivity contribution >= 4 is 5.91 Å². The first-order chi connectivity index (χ1) is 10.2. The zero-order valence-electron chi connectivity index (χ0n) is 13.6. The third-order valence-electron chi connectivity index (χ3n) is 4.66. The molecule has 2 saturated heterocycles. The van der Waals surface area contributed by atoms with Crippen LogP contribution in [0.1, 0.15) is 39.5 Å². The second-order valence-corrected chi connectivity index (χ2v) is 6.27. The van der Waals surface area contributed by atoms with Crippen molar-refractivity contribution in [2.75, 3.05) is 45.9 Å². The highest BCUT2D eigenvalue weighted by Gasteiger charge is 2.29. The van der Waals surface area contributed by atoms with Crippen molar-refractivity contribution < 1.29 is 9.53 Å². The van der Waals surface area contributed by atoms with Crippen LogP contribution in [0.4, 0.5) is 0 Å². The Morgan fingerprint density at radius 1 is 1.29 bits per heavy atom. The van der Waals surface area contributed by atoms with E-state index in [-0.39, 0.29) is 5.91 Å². The maximum absolute atomic E-state index is 12.5. The van der Waals surface area contributed by atoms with Gasteiger partial charge in [0.2, 0.25) is 5.91 Å². The van der Waals surface area contributed by atoms with E-state index in [4.69, 9.17) is 4.74 Å². The van der Waals surface area contributed by atoms with Crippen molar-refractivity contribution in [3.8, 4) is 0 Å². The summed E-state index contributed by atoms with van der Waals surface area (Å²) in [7, 11) is 0. The molecule has 2 unspecified atom stereocenters. The molecule has 122 valence electrons. The maximum atomic E-state index is 12.5. The van der Waals surface area contributed by atoms with Gasteiger partial charge < -0.3 is 15.0 Å². The zero-order valence-corrected chi connectivity index (χ0v) is 13.6. The number of piperidine rings is 1. The fraction of sp³-hybridized carbons (Fsp3) is 0.938. The van der Waals surface area contributed by atoms with Crippen LogP contribution in [0.25, 0.3) is 0 Å². The van der Waals surface area contributed by atoms with Gasteiger partial charge in [-0.25, -0.2) is 0 Å².